The Morgan fingerprint density at radius 3 is 2.33 bits per heavy atom. The fourth-order valence-electron chi connectivity index (χ4n) is 3.09. The minimum atomic E-state index is -0.580. The zero-order chi connectivity index (χ0) is 24.0. The molecular weight excluding hydrogens is 421 g/mol. The van der Waals surface area contributed by atoms with Crippen LogP contribution in [0.5, 0.6) is 5.88 Å². The molecular formula is C25H30FN5O2. The highest BCUT2D eigenvalue weighted by atomic mass is 19.1. The maximum atomic E-state index is 13.4. The van der Waals surface area contributed by atoms with Gasteiger partial charge in [0.05, 0.1) is 18.8 Å². The smallest absolute Gasteiger partial charge is 0.233 e. The summed E-state index contributed by atoms with van der Waals surface area (Å²) in [4.78, 5) is 21.2. The van der Waals surface area contributed by atoms with Gasteiger partial charge in [0.15, 0.2) is 0 Å². The van der Waals surface area contributed by atoms with Gasteiger partial charge in [-0.05, 0) is 48.9 Å². The van der Waals surface area contributed by atoms with E-state index in [9.17, 15) is 9.18 Å². The van der Waals surface area contributed by atoms with E-state index in [4.69, 9.17) is 4.74 Å². The molecule has 0 radical (unpaired) electrons. The van der Waals surface area contributed by atoms with E-state index in [-0.39, 0.29) is 11.7 Å². The molecule has 174 valence electrons. The van der Waals surface area contributed by atoms with E-state index in [1.807, 2.05) is 57.8 Å². The van der Waals surface area contributed by atoms with Gasteiger partial charge in [0.1, 0.15) is 18.2 Å². The van der Waals surface area contributed by atoms with E-state index in [1.165, 1.54) is 12.1 Å². The molecule has 0 atom stereocenters. The average Bonchev–Trinajstić information content (AvgIpc) is 2.79. The Bertz CT molecular complexity index is 1050. The number of nitrogens with zero attached hydrogens (tertiary/aromatic N) is 5. The summed E-state index contributed by atoms with van der Waals surface area (Å²) in [6.07, 6.45) is 1.75. The second-order valence-corrected chi connectivity index (χ2v) is 8.93. The standard InChI is InChI=1S/C25H30FN5O2/c1-18-6-13-23(29-28-18)33-15-14-30(5)22-12-7-19(16-27-22)17-31(24(32)25(2,3)4)21-10-8-20(26)9-11-21/h6-13,16H,14-15,17H2,1-5H3. The first kappa shape index (κ1) is 24.1. The topological polar surface area (TPSA) is 71.5 Å². The van der Waals surface area contributed by atoms with E-state index >= 15 is 0 Å². The third-order valence-corrected chi connectivity index (χ3v) is 5.02. The molecule has 3 rings (SSSR count). The summed E-state index contributed by atoms with van der Waals surface area (Å²) in [5.41, 5.74) is 1.78. The number of aromatic nitrogens is 3. The highest BCUT2D eigenvalue weighted by molar-refractivity contribution is 5.96. The molecule has 0 fully saturated rings. The Morgan fingerprint density at radius 2 is 1.76 bits per heavy atom. The number of likely N-dealkylation sites (N-methyl/N-ethyl adjacent to an activating group) is 1. The van der Waals surface area contributed by atoms with Crippen LogP contribution in [0.3, 0.4) is 0 Å². The highest BCUT2D eigenvalue weighted by Crippen LogP contribution is 2.26. The van der Waals surface area contributed by atoms with Gasteiger partial charge in [-0.25, -0.2) is 9.37 Å². The molecule has 0 unspecified atom stereocenters. The third-order valence-electron chi connectivity index (χ3n) is 5.02. The van der Waals surface area contributed by atoms with Crippen molar-refractivity contribution in [3.8, 4) is 5.88 Å². The van der Waals surface area contributed by atoms with Crippen LogP contribution in [0.25, 0.3) is 0 Å². The molecule has 0 aliphatic heterocycles. The van der Waals surface area contributed by atoms with Crippen molar-refractivity contribution in [1.82, 2.24) is 15.2 Å². The number of ether oxygens (including phenoxy) is 1. The molecule has 0 saturated carbocycles. The van der Waals surface area contributed by atoms with E-state index in [1.54, 1.807) is 29.3 Å². The SMILES string of the molecule is Cc1ccc(OCCN(C)c2ccc(CN(C(=O)C(C)(C)C)c3ccc(F)cc3)cn2)nn1. The summed E-state index contributed by atoms with van der Waals surface area (Å²) in [6.45, 7) is 8.87. The summed E-state index contributed by atoms with van der Waals surface area (Å²) >= 11 is 0. The number of halogens is 1. The van der Waals surface area contributed by atoms with Crippen LogP contribution in [-0.4, -0.2) is 41.3 Å². The van der Waals surface area contributed by atoms with Crippen LogP contribution in [0.1, 0.15) is 32.0 Å². The third kappa shape index (κ3) is 6.71. The minimum Gasteiger partial charge on any atom is -0.475 e. The van der Waals surface area contributed by atoms with Gasteiger partial charge >= 0.3 is 0 Å². The number of aryl methyl sites for hydroxylation is 1. The Balaban J connectivity index is 1.64. The van der Waals surface area contributed by atoms with Crippen LogP contribution in [0.2, 0.25) is 0 Å². The molecule has 1 aromatic carbocycles. The van der Waals surface area contributed by atoms with Crippen LogP contribution < -0.4 is 14.5 Å². The molecule has 0 spiro atoms. The maximum absolute atomic E-state index is 13.4. The summed E-state index contributed by atoms with van der Waals surface area (Å²) in [7, 11) is 1.93. The predicted molar refractivity (Wildman–Crippen MR) is 127 cm³/mol. The number of anilines is 2. The van der Waals surface area contributed by atoms with Crippen LogP contribution >= 0.6 is 0 Å². The summed E-state index contributed by atoms with van der Waals surface area (Å²) < 4.78 is 19.0. The Hall–Kier alpha value is -3.55. The van der Waals surface area contributed by atoms with Crippen molar-refractivity contribution in [3.63, 3.8) is 0 Å². The van der Waals surface area contributed by atoms with Crippen LogP contribution in [0.4, 0.5) is 15.9 Å². The van der Waals surface area contributed by atoms with Gasteiger partial charge in [0, 0.05) is 30.4 Å². The van der Waals surface area contributed by atoms with E-state index in [0.717, 1.165) is 17.1 Å². The van der Waals surface area contributed by atoms with Crippen molar-refractivity contribution in [3.05, 3.63) is 71.8 Å². The lowest BCUT2D eigenvalue weighted by atomic mass is 9.94. The van der Waals surface area contributed by atoms with E-state index < -0.39 is 5.41 Å². The molecule has 0 aliphatic carbocycles. The summed E-state index contributed by atoms with van der Waals surface area (Å²) in [6, 6.07) is 13.5. The number of hydrogen-bond acceptors (Lipinski definition) is 6. The first-order chi connectivity index (χ1) is 15.6. The van der Waals surface area contributed by atoms with Crippen LogP contribution in [0, 0.1) is 18.2 Å². The summed E-state index contributed by atoms with van der Waals surface area (Å²) in [5.74, 6) is 0.885. The Labute approximate surface area is 194 Å². The molecule has 0 bridgehead atoms. The van der Waals surface area contributed by atoms with Crippen molar-refractivity contribution < 1.29 is 13.9 Å². The normalized spacial score (nSPS) is 11.2. The second-order valence-electron chi connectivity index (χ2n) is 8.93. The minimum absolute atomic E-state index is 0.0494. The molecule has 0 N–H and O–H groups in total. The highest BCUT2D eigenvalue weighted by Gasteiger charge is 2.28. The van der Waals surface area contributed by atoms with Gasteiger partial charge in [0.2, 0.25) is 11.8 Å². The fraction of sp³-hybridized carbons (Fsp3) is 0.360. The van der Waals surface area contributed by atoms with Crippen molar-refractivity contribution in [1.29, 1.82) is 0 Å². The van der Waals surface area contributed by atoms with Crippen molar-refractivity contribution in [2.45, 2.75) is 34.2 Å². The average molecular weight is 452 g/mol. The number of carbonyl (C=O) groups is 1. The lowest BCUT2D eigenvalue weighted by molar-refractivity contribution is -0.125. The number of amides is 1. The molecule has 33 heavy (non-hydrogen) atoms. The lowest BCUT2D eigenvalue weighted by Crippen LogP contribution is -2.39. The lowest BCUT2D eigenvalue weighted by Gasteiger charge is -2.30. The number of pyridine rings is 1. The quantitative estimate of drug-likeness (QED) is 0.505. The maximum Gasteiger partial charge on any atom is 0.233 e. The second kappa shape index (κ2) is 10.4. The number of hydrogen-bond donors (Lipinski definition) is 0. The molecule has 3 aromatic rings. The first-order valence-electron chi connectivity index (χ1n) is 10.8. The Morgan fingerprint density at radius 1 is 1.03 bits per heavy atom. The molecule has 7 nitrogen and oxygen atoms in total. The van der Waals surface area contributed by atoms with E-state index in [2.05, 4.69) is 15.2 Å². The van der Waals surface area contributed by atoms with Gasteiger partial charge < -0.3 is 14.5 Å². The zero-order valence-corrected chi connectivity index (χ0v) is 19.7. The summed E-state index contributed by atoms with van der Waals surface area (Å²) in [5, 5.41) is 7.96. The number of carbonyl (C=O) groups excluding carboxylic acids is 1. The molecule has 2 heterocycles. The number of rotatable bonds is 8. The van der Waals surface area contributed by atoms with Gasteiger partial charge in [-0.2, -0.15) is 5.10 Å². The van der Waals surface area contributed by atoms with Gasteiger partial charge in [-0.1, -0.05) is 26.8 Å². The van der Waals surface area contributed by atoms with E-state index in [0.29, 0.717) is 31.3 Å². The molecule has 0 saturated heterocycles. The first-order valence-corrected chi connectivity index (χ1v) is 10.8. The molecule has 8 heteroatoms. The van der Waals surface area contributed by atoms with Crippen molar-refractivity contribution in [2.24, 2.45) is 5.41 Å². The van der Waals surface area contributed by atoms with Gasteiger partial charge in [-0.3, -0.25) is 4.79 Å². The largest absolute Gasteiger partial charge is 0.475 e. The fourth-order valence-corrected chi connectivity index (χ4v) is 3.09. The zero-order valence-electron chi connectivity index (χ0n) is 19.7. The van der Waals surface area contributed by atoms with Gasteiger partial charge in [-0.15, -0.1) is 5.10 Å². The van der Waals surface area contributed by atoms with Gasteiger partial charge in [0.25, 0.3) is 0 Å². The van der Waals surface area contributed by atoms with Crippen LogP contribution in [0.15, 0.2) is 54.7 Å². The van der Waals surface area contributed by atoms with Crippen LogP contribution in [-0.2, 0) is 11.3 Å². The molecule has 1 amide bonds. The number of benzene rings is 1. The predicted octanol–water partition coefficient (Wildman–Crippen LogP) is 4.41. The molecule has 2 aromatic heterocycles. The Kier molecular flexibility index (Phi) is 7.58. The van der Waals surface area contributed by atoms with Crippen molar-refractivity contribution >= 4 is 17.4 Å². The monoisotopic (exact) mass is 451 g/mol. The van der Waals surface area contributed by atoms with Crippen molar-refractivity contribution in [2.75, 3.05) is 30.0 Å². The molecule has 0 aliphatic rings.